The number of aliphatic carboxylic acids is 1. The lowest BCUT2D eigenvalue weighted by molar-refractivity contribution is -0.146. The highest BCUT2D eigenvalue weighted by Gasteiger charge is 2.21. The van der Waals surface area contributed by atoms with Crippen molar-refractivity contribution in [3.8, 4) is 0 Å². The molecule has 0 amide bonds. The lowest BCUT2D eigenvalue weighted by Crippen LogP contribution is -2.19. The Labute approximate surface area is 94.1 Å². The molecule has 2 rings (SSSR count). The van der Waals surface area contributed by atoms with E-state index < -0.39 is 12.1 Å². The van der Waals surface area contributed by atoms with E-state index >= 15 is 0 Å². The van der Waals surface area contributed by atoms with Crippen molar-refractivity contribution < 1.29 is 15.0 Å². The van der Waals surface area contributed by atoms with Gasteiger partial charge >= 0.3 is 5.97 Å². The number of carboxylic acids is 1. The number of hydrogen-bond donors (Lipinski definition) is 2. The Balaban J connectivity index is 2.31. The number of hydrogen-bond acceptors (Lipinski definition) is 3. The van der Waals surface area contributed by atoms with Gasteiger partial charge in [-0.1, -0.05) is 12.1 Å². The summed E-state index contributed by atoms with van der Waals surface area (Å²) >= 11 is 0. The molecule has 1 atom stereocenters. The number of fused-ring (bicyclic) bond motifs is 1. The number of carboxylic acid groups (broad SMARTS) is 1. The molecular weight excluding hydrogens is 206 g/mol. The molecule has 1 aliphatic heterocycles. The van der Waals surface area contributed by atoms with Gasteiger partial charge < -0.3 is 15.1 Å². The smallest absolute Gasteiger partial charge is 0.337 e. The highest BCUT2D eigenvalue weighted by molar-refractivity contribution is 5.75. The molecule has 0 bridgehead atoms. The predicted octanol–water partition coefficient (Wildman–Crippen LogP) is 1.19. The first-order valence-corrected chi connectivity index (χ1v) is 5.42. The lowest BCUT2D eigenvalue weighted by atomic mass is 10.0. The zero-order valence-electron chi connectivity index (χ0n) is 9.18. The Morgan fingerprint density at radius 3 is 2.94 bits per heavy atom. The van der Waals surface area contributed by atoms with Crippen LogP contribution < -0.4 is 4.90 Å². The maximum absolute atomic E-state index is 10.7. The summed E-state index contributed by atoms with van der Waals surface area (Å²) < 4.78 is 0. The first kappa shape index (κ1) is 11.0. The number of nitrogens with zero attached hydrogens (tertiary/aromatic N) is 1. The molecular formula is C12H15NO3. The molecule has 4 heteroatoms. The van der Waals surface area contributed by atoms with E-state index in [1.807, 2.05) is 6.07 Å². The Morgan fingerprint density at radius 2 is 2.31 bits per heavy atom. The number of benzene rings is 1. The molecule has 0 saturated heterocycles. The van der Waals surface area contributed by atoms with Crippen molar-refractivity contribution >= 4 is 11.7 Å². The quantitative estimate of drug-likeness (QED) is 0.804. The molecule has 1 unspecified atom stereocenters. The van der Waals surface area contributed by atoms with Crippen molar-refractivity contribution in [3.63, 3.8) is 0 Å². The minimum Gasteiger partial charge on any atom is -0.479 e. The SMILES string of the molecule is CCN1CCc2cc(C(O)C(=O)O)ccc21. The summed E-state index contributed by atoms with van der Waals surface area (Å²) in [6.07, 6.45) is -0.496. The number of aliphatic hydroxyl groups is 1. The van der Waals surface area contributed by atoms with Crippen molar-refractivity contribution in [3.05, 3.63) is 29.3 Å². The summed E-state index contributed by atoms with van der Waals surface area (Å²) in [5, 5.41) is 18.2. The molecule has 1 aromatic rings. The second-order valence-electron chi connectivity index (χ2n) is 3.96. The molecule has 4 nitrogen and oxygen atoms in total. The van der Waals surface area contributed by atoms with Crippen LogP contribution in [0.5, 0.6) is 0 Å². The fraction of sp³-hybridized carbons (Fsp3) is 0.417. The topological polar surface area (TPSA) is 60.8 Å². The van der Waals surface area contributed by atoms with Crippen LogP contribution in [0, 0.1) is 0 Å². The fourth-order valence-electron chi connectivity index (χ4n) is 2.13. The van der Waals surface area contributed by atoms with Gasteiger partial charge in [0.25, 0.3) is 0 Å². The molecule has 1 heterocycles. The van der Waals surface area contributed by atoms with Crippen LogP contribution in [0.25, 0.3) is 0 Å². The fourth-order valence-corrected chi connectivity index (χ4v) is 2.13. The monoisotopic (exact) mass is 221 g/mol. The number of carbonyl (C=O) groups is 1. The van der Waals surface area contributed by atoms with E-state index in [1.165, 1.54) is 0 Å². The molecule has 0 fully saturated rings. The summed E-state index contributed by atoms with van der Waals surface area (Å²) in [5.74, 6) is -1.20. The highest BCUT2D eigenvalue weighted by atomic mass is 16.4. The Kier molecular flexibility index (Phi) is 2.83. The highest BCUT2D eigenvalue weighted by Crippen LogP contribution is 2.30. The zero-order chi connectivity index (χ0) is 11.7. The Hall–Kier alpha value is -1.55. The summed E-state index contributed by atoms with van der Waals surface area (Å²) in [6.45, 7) is 4.02. The summed E-state index contributed by atoms with van der Waals surface area (Å²) in [5.41, 5.74) is 2.74. The van der Waals surface area contributed by atoms with Crippen molar-refractivity contribution in [2.75, 3.05) is 18.0 Å². The molecule has 0 radical (unpaired) electrons. The molecule has 16 heavy (non-hydrogen) atoms. The summed E-state index contributed by atoms with van der Waals surface area (Å²) in [7, 11) is 0. The number of likely N-dealkylation sites (N-methyl/N-ethyl adjacent to an activating group) is 1. The van der Waals surface area contributed by atoms with Gasteiger partial charge in [-0.25, -0.2) is 4.79 Å². The van der Waals surface area contributed by atoms with Gasteiger partial charge in [-0.2, -0.15) is 0 Å². The maximum Gasteiger partial charge on any atom is 0.337 e. The van der Waals surface area contributed by atoms with Crippen LogP contribution in [-0.2, 0) is 11.2 Å². The van der Waals surface area contributed by atoms with Crippen LogP contribution in [0.2, 0.25) is 0 Å². The van der Waals surface area contributed by atoms with Gasteiger partial charge in [-0.3, -0.25) is 0 Å². The molecule has 0 spiro atoms. The van der Waals surface area contributed by atoms with Gasteiger partial charge in [-0.05, 0) is 30.5 Å². The lowest BCUT2D eigenvalue weighted by Gasteiger charge is -2.17. The van der Waals surface area contributed by atoms with Gasteiger partial charge in [0, 0.05) is 18.8 Å². The van der Waals surface area contributed by atoms with Crippen molar-refractivity contribution in [1.82, 2.24) is 0 Å². The van der Waals surface area contributed by atoms with Crippen LogP contribution >= 0.6 is 0 Å². The zero-order valence-corrected chi connectivity index (χ0v) is 9.18. The van der Waals surface area contributed by atoms with E-state index in [-0.39, 0.29) is 0 Å². The average molecular weight is 221 g/mol. The summed E-state index contributed by atoms with van der Waals surface area (Å²) in [6, 6.07) is 5.38. The van der Waals surface area contributed by atoms with E-state index in [4.69, 9.17) is 5.11 Å². The van der Waals surface area contributed by atoms with Crippen LogP contribution in [0.15, 0.2) is 18.2 Å². The largest absolute Gasteiger partial charge is 0.479 e. The third-order valence-electron chi connectivity index (χ3n) is 3.03. The second kappa shape index (κ2) is 4.14. The van der Waals surface area contributed by atoms with Gasteiger partial charge in [0.15, 0.2) is 6.10 Å². The molecule has 0 aliphatic carbocycles. The van der Waals surface area contributed by atoms with E-state index in [0.29, 0.717) is 5.56 Å². The van der Waals surface area contributed by atoms with E-state index in [2.05, 4.69) is 11.8 Å². The van der Waals surface area contributed by atoms with Crippen LogP contribution in [-0.4, -0.2) is 29.3 Å². The van der Waals surface area contributed by atoms with E-state index in [1.54, 1.807) is 12.1 Å². The first-order valence-electron chi connectivity index (χ1n) is 5.42. The van der Waals surface area contributed by atoms with E-state index in [9.17, 15) is 9.90 Å². The predicted molar refractivity (Wildman–Crippen MR) is 60.6 cm³/mol. The Bertz CT molecular complexity index is 417. The average Bonchev–Trinajstić information content (AvgIpc) is 2.69. The van der Waals surface area contributed by atoms with Crippen LogP contribution in [0.1, 0.15) is 24.2 Å². The van der Waals surface area contributed by atoms with Gasteiger partial charge in [0.05, 0.1) is 0 Å². The van der Waals surface area contributed by atoms with Crippen LogP contribution in [0.3, 0.4) is 0 Å². The standard InChI is InChI=1S/C12H15NO3/c1-2-13-6-5-8-7-9(3-4-10(8)13)11(14)12(15)16/h3-4,7,11,14H,2,5-6H2,1H3,(H,15,16). The number of aliphatic hydroxyl groups excluding tert-OH is 1. The van der Waals surface area contributed by atoms with Crippen molar-refractivity contribution in [2.24, 2.45) is 0 Å². The second-order valence-corrected chi connectivity index (χ2v) is 3.96. The third kappa shape index (κ3) is 1.76. The minimum absolute atomic E-state index is 0.462. The van der Waals surface area contributed by atoms with Crippen molar-refractivity contribution in [2.45, 2.75) is 19.4 Å². The number of rotatable bonds is 3. The number of anilines is 1. The first-order chi connectivity index (χ1) is 7.63. The van der Waals surface area contributed by atoms with Gasteiger partial charge in [0.2, 0.25) is 0 Å². The van der Waals surface area contributed by atoms with Crippen molar-refractivity contribution in [1.29, 1.82) is 0 Å². The molecule has 2 N–H and O–H groups in total. The Morgan fingerprint density at radius 1 is 1.56 bits per heavy atom. The molecule has 0 saturated carbocycles. The van der Waals surface area contributed by atoms with Crippen LogP contribution in [0.4, 0.5) is 5.69 Å². The third-order valence-corrected chi connectivity index (χ3v) is 3.03. The van der Waals surface area contributed by atoms with Gasteiger partial charge in [-0.15, -0.1) is 0 Å². The minimum atomic E-state index is -1.42. The van der Waals surface area contributed by atoms with E-state index in [0.717, 1.165) is 30.8 Å². The summed E-state index contributed by atoms with van der Waals surface area (Å²) in [4.78, 5) is 12.9. The van der Waals surface area contributed by atoms with Gasteiger partial charge in [0.1, 0.15) is 0 Å². The normalized spacial score (nSPS) is 16.0. The molecule has 1 aromatic carbocycles. The molecule has 1 aliphatic rings. The molecule has 86 valence electrons. The maximum atomic E-state index is 10.7. The molecule has 0 aromatic heterocycles.